The lowest BCUT2D eigenvalue weighted by atomic mass is 10.2. The maximum Gasteiger partial charge on any atom is 0.255 e. The molecule has 0 bridgehead atoms. The Labute approximate surface area is 137 Å². The van der Waals surface area contributed by atoms with Crippen LogP contribution in [0.5, 0.6) is 0 Å². The number of halogens is 1. The van der Waals surface area contributed by atoms with Gasteiger partial charge in [-0.2, -0.15) is 0 Å². The summed E-state index contributed by atoms with van der Waals surface area (Å²) in [7, 11) is 0. The second-order valence-corrected chi connectivity index (χ2v) is 5.83. The van der Waals surface area contributed by atoms with Crippen molar-refractivity contribution in [2.24, 2.45) is 0 Å². The van der Waals surface area contributed by atoms with Crippen LogP contribution in [0.1, 0.15) is 10.4 Å². The molecule has 22 heavy (non-hydrogen) atoms. The van der Waals surface area contributed by atoms with Crippen molar-refractivity contribution in [1.82, 2.24) is 9.88 Å². The number of carbonyl (C=O) groups excluding carboxylic acids is 1. The summed E-state index contributed by atoms with van der Waals surface area (Å²) in [5, 5.41) is 3.27. The van der Waals surface area contributed by atoms with E-state index in [0.29, 0.717) is 31.9 Å². The van der Waals surface area contributed by atoms with Gasteiger partial charge in [0.15, 0.2) is 0 Å². The molecule has 1 N–H and O–H groups in total. The largest absolute Gasteiger partial charge is 0.378 e. The van der Waals surface area contributed by atoms with E-state index in [2.05, 4.69) is 26.2 Å². The van der Waals surface area contributed by atoms with Crippen molar-refractivity contribution < 1.29 is 9.53 Å². The normalized spacial score (nSPS) is 14.7. The molecule has 114 valence electrons. The Hall–Kier alpha value is -1.92. The topological polar surface area (TPSA) is 54.5 Å². The molecule has 2 heterocycles. The molecule has 0 spiro atoms. The standard InChI is InChI=1S/C16H16BrN3O2/c17-14-3-1-2-4-15(14)19-13-9-12(10-18-11-13)16(21)20-5-7-22-8-6-20/h1-4,9-11,19H,5-8H2. The van der Waals surface area contributed by atoms with Gasteiger partial charge in [-0.05, 0) is 34.1 Å². The summed E-state index contributed by atoms with van der Waals surface area (Å²) in [6.45, 7) is 2.43. The minimum Gasteiger partial charge on any atom is -0.378 e. The average molecular weight is 362 g/mol. The van der Waals surface area contributed by atoms with E-state index in [9.17, 15) is 4.79 Å². The van der Waals surface area contributed by atoms with Gasteiger partial charge < -0.3 is 15.0 Å². The van der Waals surface area contributed by atoms with Gasteiger partial charge in [0.05, 0.1) is 36.3 Å². The first-order valence-electron chi connectivity index (χ1n) is 7.07. The van der Waals surface area contributed by atoms with Crippen LogP contribution in [0.4, 0.5) is 11.4 Å². The third-order valence-electron chi connectivity index (χ3n) is 3.44. The number of morpholine rings is 1. The molecular formula is C16H16BrN3O2. The van der Waals surface area contributed by atoms with E-state index in [1.807, 2.05) is 30.3 Å². The molecule has 0 radical (unpaired) electrons. The first kappa shape index (κ1) is 15.0. The lowest BCUT2D eigenvalue weighted by Gasteiger charge is -2.26. The van der Waals surface area contributed by atoms with Gasteiger partial charge in [-0.1, -0.05) is 12.1 Å². The molecule has 3 rings (SSSR count). The van der Waals surface area contributed by atoms with E-state index in [4.69, 9.17) is 4.74 Å². The molecule has 1 aromatic heterocycles. The number of nitrogens with one attached hydrogen (secondary N) is 1. The van der Waals surface area contributed by atoms with Gasteiger partial charge in [-0.3, -0.25) is 9.78 Å². The zero-order valence-electron chi connectivity index (χ0n) is 12.0. The Morgan fingerprint density at radius 2 is 2.00 bits per heavy atom. The highest BCUT2D eigenvalue weighted by molar-refractivity contribution is 9.10. The van der Waals surface area contributed by atoms with E-state index in [-0.39, 0.29) is 5.91 Å². The number of anilines is 2. The van der Waals surface area contributed by atoms with E-state index >= 15 is 0 Å². The van der Waals surface area contributed by atoms with Crippen molar-refractivity contribution in [3.8, 4) is 0 Å². The van der Waals surface area contributed by atoms with Gasteiger partial charge in [0.1, 0.15) is 0 Å². The van der Waals surface area contributed by atoms with Gasteiger partial charge >= 0.3 is 0 Å². The number of hydrogen-bond acceptors (Lipinski definition) is 4. The van der Waals surface area contributed by atoms with Gasteiger partial charge in [0.25, 0.3) is 5.91 Å². The highest BCUT2D eigenvalue weighted by Crippen LogP contribution is 2.25. The number of hydrogen-bond donors (Lipinski definition) is 1. The van der Waals surface area contributed by atoms with Crippen molar-refractivity contribution in [2.45, 2.75) is 0 Å². The van der Waals surface area contributed by atoms with Crippen LogP contribution in [-0.2, 0) is 4.74 Å². The summed E-state index contributed by atoms with van der Waals surface area (Å²) in [5.74, 6) is -0.00780. The van der Waals surface area contributed by atoms with Crippen LogP contribution in [-0.4, -0.2) is 42.1 Å². The fraction of sp³-hybridized carbons (Fsp3) is 0.250. The fourth-order valence-corrected chi connectivity index (χ4v) is 2.68. The van der Waals surface area contributed by atoms with Gasteiger partial charge in [-0.25, -0.2) is 0 Å². The molecular weight excluding hydrogens is 346 g/mol. The maximum absolute atomic E-state index is 12.5. The molecule has 1 saturated heterocycles. The van der Waals surface area contributed by atoms with Gasteiger partial charge in [0, 0.05) is 23.8 Å². The molecule has 0 saturated carbocycles. The number of nitrogens with zero attached hydrogens (tertiary/aromatic N) is 2. The minimum absolute atomic E-state index is 0.00780. The Morgan fingerprint density at radius 1 is 1.23 bits per heavy atom. The van der Waals surface area contributed by atoms with Crippen LogP contribution in [0.3, 0.4) is 0 Å². The Morgan fingerprint density at radius 3 is 2.77 bits per heavy atom. The molecule has 1 aliphatic rings. The first-order valence-corrected chi connectivity index (χ1v) is 7.87. The van der Waals surface area contributed by atoms with Crippen LogP contribution in [0, 0.1) is 0 Å². The second kappa shape index (κ2) is 6.89. The number of carbonyl (C=O) groups is 1. The molecule has 6 heteroatoms. The quantitative estimate of drug-likeness (QED) is 0.912. The summed E-state index contributed by atoms with van der Waals surface area (Å²) < 4.78 is 6.23. The fourth-order valence-electron chi connectivity index (χ4n) is 2.29. The second-order valence-electron chi connectivity index (χ2n) is 4.97. The Kier molecular flexibility index (Phi) is 4.70. The minimum atomic E-state index is -0.00780. The van der Waals surface area contributed by atoms with Crippen LogP contribution in [0.15, 0.2) is 47.2 Å². The van der Waals surface area contributed by atoms with Crippen LogP contribution in [0.2, 0.25) is 0 Å². The number of rotatable bonds is 3. The number of benzene rings is 1. The summed E-state index contributed by atoms with van der Waals surface area (Å²) in [6, 6.07) is 9.64. The van der Waals surface area contributed by atoms with Crippen LogP contribution >= 0.6 is 15.9 Å². The van der Waals surface area contributed by atoms with Crippen molar-refractivity contribution in [1.29, 1.82) is 0 Å². The number of para-hydroxylation sites is 1. The number of amides is 1. The predicted molar refractivity (Wildman–Crippen MR) is 88.4 cm³/mol. The molecule has 1 aliphatic heterocycles. The zero-order valence-corrected chi connectivity index (χ0v) is 13.5. The van der Waals surface area contributed by atoms with Crippen molar-refractivity contribution >= 4 is 33.2 Å². The van der Waals surface area contributed by atoms with E-state index in [1.165, 1.54) is 0 Å². The Balaban J connectivity index is 1.77. The molecule has 1 amide bonds. The molecule has 1 aromatic carbocycles. The monoisotopic (exact) mass is 361 g/mol. The van der Waals surface area contributed by atoms with Gasteiger partial charge in [0.2, 0.25) is 0 Å². The summed E-state index contributed by atoms with van der Waals surface area (Å²) >= 11 is 3.49. The van der Waals surface area contributed by atoms with Crippen molar-refractivity contribution in [3.05, 3.63) is 52.8 Å². The molecule has 0 aliphatic carbocycles. The molecule has 2 aromatic rings. The molecule has 0 atom stereocenters. The lowest BCUT2D eigenvalue weighted by Crippen LogP contribution is -2.40. The third-order valence-corrected chi connectivity index (χ3v) is 4.13. The predicted octanol–water partition coefficient (Wildman–Crippen LogP) is 3.06. The third kappa shape index (κ3) is 3.45. The smallest absolute Gasteiger partial charge is 0.255 e. The van der Waals surface area contributed by atoms with E-state index < -0.39 is 0 Å². The Bertz CT molecular complexity index is 672. The number of aromatic nitrogens is 1. The highest BCUT2D eigenvalue weighted by atomic mass is 79.9. The highest BCUT2D eigenvalue weighted by Gasteiger charge is 2.19. The van der Waals surface area contributed by atoms with Crippen molar-refractivity contribution in [2.75, 3.05) is 31.6 Å². The van der Waals surface area contributed by atoms with Crippen molar-refractivity contribution in [3.63, 3.8) is 0 Å². The zero-order chi connectivity index (χ0) is 15.4. The molecule has 5 nitrogen and oxygen atoms in total. The first-order chi connectivity index (χ1) is 10.7. The average Bonchev–Trinajstić information content (AvgIpc) is 2.57. The molecule has 1 fully saturated rings. The SMILES string of the molecule is O=C(c1cncc(Nc2ccccc2Br)c1)N1CCOCC1. The van der Waals surface area contributed by atoms with Crippen LogP contribution < -0.4 is 5.32 Å². The number of ether oxygens (including phenoxy) is 1. The van der Waals surface area contributed by atoms with Gasteiger partial charge in [-0.15, -0.1) is 0 Å². The molecule has 0 unspecified atom stereocenters. The number of pyridine rings is 1. The lowest BCUT2D eigenvalue weighted by molar-refractivity contribution is 0.0302. The van der Waals surface area contributed by atoms with E-state index in [0.717, 1.165) is 15.8 Å². The summed E-state index contributed by atoms with van der Waals surface area (Å²) in [6.07, 6.45) is 3.30. The maximum atomic E-state index is 12.5. The van der Waals surface area contributed by atoms with E-state index in [1.54, 1.807) is 17.3 Å². The summed E-state index contributed by atoms with van der Waals surface area (Å²) in [5.41, 5.74) is 2.30. The summed E-state index contributed by atoms with van der Waals surface area (Å²) in [4.78, 5) is 18.4. The van der Waals surface area contributed by atoms with Crippen LogP contribution in [0.25, 0.3) is 0 Å².